The minimum Gasteiger partial charge on any atom is -0.383 e. The van der Waals surface area contributed by atoms with Crippen LogP contribution in [0, 0.1) is 0 Å². The van der Waals surface area contributed by atoms with Crippen LogP contribution in [0.5, 0.6) is 0 Å². The Morgan fingerprint density at radius 3 is 2.76 bits per heavy atom. The van der Waals surface area contributed by atoms with Gasteiger partial charge in [-0.1, -0.05) is 19.1 Å². The van der Waals surface area contributed by atoms with Gasteiger partial charge in [-0.3, -0.25) is 4.98 Å². The summed E-state index contributed by atoms with van der Waals surface area (Å²) < 4.78 is 5.19. The molecule has 17 heavy (non-hydrogen) atoms. The standard InChI is InChI=1S/C13H17N3O/c1-3-14-13(9-17-2)12-8-15-10-6-4-5-7-11(10)16-12/h4-8,13-14H,3,9H2,1-2H3. The van der Waals surface area contributed by atoms with Crippen LogP contribution in [0.15, 0.2) is 30.5 Å². The molecular weight excluding hydrogens is 214 g/mol. The highest BCUT2D eigenvalue weighted by molar-refractivity contribution is 5.73. The molecule has 0 amide bonds. The van der Waals surface area contributed by atoms with Crippen molar-refractivity contribution in [2.75, 3.05) is 20.3 Å². The number of para-hydroxylation sites is 2. The highest BCUT2D eigenvalue weighted by atomic mass is 16.5. The fraction of sp³-hybridized carbons (Fsp3) is 0.385. The highest BCUT2D eigenvalue weighted by Gasteiger charge is 2.12. The quantitative estimate of drug-likeness (QED) is 0.854. The van der Waals surface area contributed by atoms with Crippen molar-refractivity contribution in [3.63, 3.8) is 0 Å². The summed E-state index contributed by atoms with van der Waals surface area (Å²) in [4.78, 5) is 9.02. The first-order valence-corrected chi connectivity index (χ1v) is 5.79. The molecule has 0 saturated heterocycles. The Bertz CT molecular complexity index is 481. The maximum Gasteiger partial charge on any atom is 0.0890 e. The zero-order valence-electron chi connectivity index (χ0n) is 10.2. The van der Waals surface area contributed by atoms with Crippen molar-refractivity contribution in [2.24, 2.45) is 0 Å². The number of nitrogens with zero attached hydrogens (tertiary/aromatic N) is 2. The van der Waals surface area contributed by atoms with Gasteiger partial charge in [-0.2, -0.15) is 0 Å². The summed E-state index contributed by atoms with van der Waals surface area (Å²) in [6.45, 7) is 3.54. The largest absolute Gasteiger partial charge is 0.383 e. The third-order valence-electron chi connectivity index (χ3n) is 2.61. The zero-order chi connectivity index (χ0) is 12.1. The van der Waals surface area contributed by atoms with Crippen LogP contribution in [0.25, 0.3) is 11.0 Å². The molecule has 4 nitrogen and oxygen atoms in total. The molecule has 2 aromatic rings. The molecule has 1 aromatic heterocycles. The van der Waals surface area contributed by atoms with Gasteiger partial charge in [0.2, 0.25) is 0 Å². The summed E-state index contributed by atoms with van der Waals surface area (Å²) in [5.74, 6) is 0. The maximum atomic E-state index is 5.19. The van der Waals surface area contributed by atoms with Crippen molar-refractivity contribution in [3.05, 3.63) is 36.2 Å². The van der Waals surface area contributed by atoms with Gasteiger partial charge < -0.3 is 10.1 Å². The van der Waals surface area contributed by atoms with Crippen molar-refractivity contribution in [1.29, 1.82) is 0 Å². The van der Waals surface area contributed by atoms with Gasteiger partial charge in [0.25, 0.3) is 0 Å². The fourth-order valence-electron chi connectivity index (χ4n) is 1.80. The minimum atomic E-state index is 0.0992. The molecule has 0 aliphatic carbocycles. The summed E-state index contributed by atoms with van der Waals surface area (Å²) in [5.41, 5.74) is 2.76. The van der Waals surface area contributed by atoms with E-state index in [9.17, 15) is 0 Å². The minimum absolute atomic E-state index is 0.0992. The van der Waals surface area contributed by atoms with E-state index in [0.29, 0.717) is 6.61 Å². The molecule has 1 atom stereocenters. The number of hydrogen-bond acceptors (Lipinski definition) is 4. The van der Waals surface area contributed by atoms with E-state index in [1.807, 2.05) is 30.5 Å². The number of methoxy groups -OCH3 is 1. The maximum absolute atomic E-state index is 5.19. The van der Waals surface area contributed by atoms with Gasteiger partial charge in [0.15, 0.2) is 0 Å². The summed E-state index contributed by atoms with van der Waals surface area (Å²) in [6, 6.07) is 7.97. The van der Waals surface area contributed by atoms with Crippen LogP contribution < -0.4 is 5.32 Å². The number of fused-ring (bicyclic) bond motifs is 1. The summed E-state index contributed by atoms with van der Waals surface area (Å²) in [7, 11) is 1.69. The van der Waals surface area contributed by atoms with Gasteiger partial charge in [-0.05, 0) is 18.7 Å². The molecule has 1 heterocycles. The Morgan fingerprint density at radius 1 is 1.29 bits per heavy atom. The number of nitrogens with one attached hydrogen (secondary N) is 1. The molecule has 0 radical (unpaired) electrons. The molecule has 1 N–H and O–H groups in total. The van der Waals surface area contributed by atoms with Crippen molar-refractivity contribution in [3.8, 4) is 0 Å². The molecule has 1 unspecified atom stereocenters. The molecule has 0 spiro atoms. The number of likely N-dealkylation sites (N-methyl/N-ethyl adjacent to an activating group) is 1. The monoisotopic (exact) mass is 231 g/mol. The van der Waals surface area contributed by atoms with E-state index in [1.165, 1.54) is 0 Å². The van der Waals surface area contributed by atoms with Gasteiger partial charge in [-0.25, -0.2) is 4.98 Å². The van der Waals surface area contributed by atoms with Gasteiger partial charge in [0.05, 0.1) is 35.6 Å². The number of ether oxygens (including phenoxy) is 1. The summed E-state index contributed by atoms with van der Waals surface area (Å²) >= 11 is 0. The van der Waals surface area contributed by atoms with Crippen LogP contribution in [0.4, 0.5) is 0 Å². The lowest BCUT2D eigenvalue weighted by molar-refractivity contribution is 0.166. The third-order valence-corrected chi connectivity index (χ3v) is 2.61. The first kappa shape index (κ1) is 12.0. The van der Waals surface area contributed by atoms with Crippen LogP contribution in [0.2, 0.25) is 0 Å². The molecule has 0 fully saturated rings. The Hall–Kier alpha value is -1.52. The molecule has 0 bridgehead atoms. The van der Waals surface area contributed by atoms with E-state index in [2.05, 4.69) is 22.2 Å². The smallest absolute Gasteiger partial charge is 0.0890 e. The van der Waals surface area contributed by atoms with Crippen molar-refractivity contribution in [1.82, 2.24) is 15.3 Å². The first-order chi connectivity index (χ1) is 8.35. The van der Waals surface area contributed by atoms with Crippen LogP contribution >= 0.6 is 0 Å². The van der Waals surface area contributed by atoms with Crippen molar-refractivity contribution >= 4 is 11.0 Å². The summed E-state index contributed by atoms with van der Waals surface area (Å²) in [6.07, 6.45) is 1.81. The average molecular weight is 231 g/mol. The predicted octanol–water partition coefficient (Wildman–Crippen LogP) is 1.93. The topological polar surface area (TPSA) is 47.0 Å². The zero-order valence-corrected chi connectivity index (χ0v) is 10.2. The van der Waals surface area contributed by atoms with Crippen molar-refractivity contribution < 1.29 is 4.74 Å². The van der Waals surface area contributed by atoms with E-state index in [-0.39, 0.29) is 6.04 Å². The Labute approximate surface area is 101 Å². The third kappa shape index (κ3) is 2.78. The van der Waals surface area contributed by atoms with E-state index in [1.54, 1.807) is 7.11 Å². The predicted molar refractivity (Wildman–Crippen MR) is 67.8 cm³/mol. The van der Waals surface area contributed by atoms with Crippen LogP contribution in [0.3, 0.4) is 0 Å². The molecular formula is C13H17N3O. The molecule has 4 heteroatoms. The molecule has 0 aliphatic rings. The summed E-state index contributed by atoms with van der Waals surface area (Å²) in [5, 5.41) is 3.34. The number of hydrogen-bond donors (Lipinski definition) is 1. The lowest BCUT2D eigenvalue weighted by atomic mass is 10.2. The first-order valence-electron chi connectivity index (χ1n) is 5.79. The second-order valence-electron chi connectivity index (χ2n) is 3.85. The van der Waals surface area contributed by atoms with Gasteiger partial charge >= 0.3 is 0 Å². The van der Waals surface area contributed by atoms with Crippen LogP contribution in [-0.4, -0.2) is 30.2 Å². The Balaban J connectivity index is 2.32. The van der Waals surface area contributed by atoms with Crippen molar-refractivity contribution in [2.45, 2.75) is 13.0 Å². The lowest BCUT2D eigenvalue weighted by Gasteiger charge is -2.16. The molecule has 0 saturated carbocycles. The number of rotatable bonds is 5. The second kappa shape index (κ2) is 5.70. The SMILES string of the molecule is CCNC(COC)c1cnc2ccccc2n1. The van der Waals surface area contributed by atoms with Crippen LogP contribution in [-0.2, 0) is 4.74 Å². The van der Waals surface area contributed by atoms with Gasteiger partial charge in [0, 0.05) is 7.11 Å². The van der Waals surface area contributed by atoms with Crippen LogP contribution in [0.1, 0.15) is 18.7 Å². The fourth-order valence-corrected chi connectivity index (χ4v) is 1.80. The number of benzene rings is 1. The van der Waals surface area contributed by atoms with Gasteiger partial charge in [0.1, 0.15) is 0 Å². The van der Waals surface area contributed by atoms with E-state index in [4.69, 9.17) is 4.74 Å². The van der Waals surface area contributed by atoms with Gasteiger partial charge in [-0.15, -0.1) is 0 Å². The highest BCUT2D eigenvalue weighted by Crippen LogP contribution is 2.14. The average Bonchev–Trinajstić information content (AvgIpc) is 2.38. The molecule has 1 aromatic carbocycles. The normalized spacial score (nSPS) is 12.8. The molecule has 2 rings (SSSR count). The van der Waals surface area contributed by atoms with E-state index in [0.717, 1.165) is 23.3 Å². The Morgan fingerprint density at radius 2 is 2.06 bits per heavy atom. The second-order valence-corrected chi connectivity index (χ2v) is 3.85. The number of aromatic nitrogens is 2. The van der Waals surface area contributed by atoms with E-state index >= 15 is 0 Å². The lowest BCUT2D eigenvalue weighted by Crippen LogP contribution is -2.25. The molecule has 90 valence electrons. The Kier molecular flexibility index (Phi) is 4.01. The molecule has 0 aliphatic heterocycles. The van der Waals surface area contributed by atoms with E-state index < -0.39 is 0 Å².